The number of carbonyl (C=O) groups is 1. The van der Waals surface area contributed by atoms with Crippen molar-refractivity contribution in [2.24, 2.45) is 0 Å². The lowest BCUT2D eigenvalue weighted by atomic mass is 10.1. The summed E-state index contributed by atoms with van der Waals surface area (Å²) in [5.74, 6) is 0.0274. The molecule has 0 spiro atoms. The SMILES string of the molecule is CN(C)C(=S)SC(Cn1ccnc1)C(=O)c1ccc(Cl)cc1. The number of aromatic nitrogens is 2. The van der Waals surface area contributed by atoms with E-state index in [1.807, 2.05) is 29.8 Å². The van der Waals surface area contributed by atoms with Gasteiger partial charge >= 0.3 is 0 Å². The van der Waals surface area contributed by atoms with Gasteiger partial charge in [0, 0.05) is 43.6 Å². The van der Waals surface area contributed by atoms with Crippen molar-refractivity contribution in [3.8, 4) is 0 Å². The van der Waals surface area contributed by atoms with E-state index in [1.165, 1.54) is 11.8 Å². The predicted octanol–water partition coefficient (Wildman–Crippen LogP) is 3.37. The number of benzene rings is 1. The molecular formula is C15H16ClN3OS2. The van der Waals surface area contributed by atoms with E-state index in [4.69, 9.17) is 23.8 Å². The first kappa shape index (κ1) is 17.0. The maximum atomic E-state index is 12.8. The summed E-state index contributed by atoms with van der Waals surface area (Å²) < 4.78 is 2.55. The van der Waals surface area contributed by atoms with E-state index in [9.17, 15) is 4.79 Å². The number of rotatable bonds is 5. The quantitative estimate of drug-likeness (QED) is 0.608. The molecule has 7 heteroatoms. The molecule has 1 heterocycles. The fourth-order valence-corrected chi connectivity index (χ4v) is 3.21. The van der Waals surface area contributed by atoms with E-state index in [1.54, 1.807) is 36.8 Å². The summed E-state index contributed by atoms with van der Waals surface area (Å²) in [5, 5.41) is 0.296. The van der Waals surface area contributed by atoms with E-state index < -0.39 is 0 Å². The fraction of sp³-hybridized carbons (Fsp3) is 0.267. The van der Waals surface area contributed by atoms with E-state index in [2.05, 4.69) is 4.98 Å². The number of hydrogen-bond acceptors (Lipinski definition) is 4. The van der Waals surface area contributed by atoms with Crippen LogP contribution in [0.15, 0.2) is 43.0 Å². The number of halogens is 1. The summed E-state index contributed by atoms with van der Waals surface area (Å²) in [6, 6.07) is 6.92. The fourth-order valence-electron chi connectivity index (χ4n) is 1.79. The third-order valence-corrected chi connectivity index (χ3v) is 5.09. The van der Waals surface area contributed by atoms with Gasteiger partial charge in [-0.25, -0.2) is 4.98 Å². The number of hydrogen-bond donors (Lipinski definition) is 0. The number of carbonyl (C=O) groups excluding carboxylic acids is 1. The number of imidazole rings is 1. The second-order valence-corrected chi connectivity index (χ2v) is 7.17. The van der Waals surface area contributed by atoms with Gasteiger partial charge in [0.1, 0.15) is 4.32 Å². The largest absolute Gasteiger partial charge is 0.364 e. The van der Waals surface area contributed by atoms with Gasteiger partial charge in [0.25, 0.3) is 0 Å². The van der Waals surface area contributed by atoms with Crippen LogP contribution in [-0.4, -0.2) is 43.9 Å². The Morgan fingerprint density at radius 3 is 2.64 bits per heavy atom. The van der Waals surface area contributed by atoms with Crippen molar-refractivity contribution in [3.63, 3.8) is 0 Å². The highest BCUT2D eigenvalue weighted by atomic mass is 35.5. The molecule has 1 unspecified atom stereocenters. The van der Waals surface area contributed by atoms with Crippen LogP contribution >= 0.6 is 35.6 Å². The first-order valence-corrected chi connectivity index (χ1v) is 8.27. The molecule has 0 saturated heterocycles. The van der Waals surface area contributed by atoms with Gasteiger partial charge in [-0.15, -0.1) is 0 Å². The molecule has 0 bridgehead atoms. The van der Waals surface area contributed by atoms with Gasteiger partial charge in [-0.05, 0) is 24.3 Å². The smallest absolute Gasteiger partial charge is 0.178 e. The van der Waals surface area contributed by atoms with Gasteiger partial charge in [-0.2, -0.15) is 0 Å². The van der Waals surface area contributed by atoms with Gasteiger partial charge < -0.3 is 9.47 Å². The molecule has 0 aliphatic rings. The Bertz CT molecular complexity index is 641. The Morgan fingerprint density at radius 2 is 2.09 bits per heavy atom. The molecule has 0 radical (unpaired) electrons. The summed E-state index contributed by atoms with van der Waals surface area (Å²) in [6.45, 7) is 0.514. The zero-order valence-corrected chi connectivity index (χ0v) is 14.7. The first-order valence-electron chi connectivity index (χ1n) is 6.61. The number of nitrogens with zero attached hydrogens (tertiary/aromatic N) is 3. The van der Waals surface area contributed by atoms with Crippen LogP contribution in [-0.2, 0) is 6.54 Å². The topological polar surface area (TPSA) is 38.1 Å². The molecule has 0 fully saturated rings. The van der Waals surface area contributed by atoms with Gasteiger partial charge in [0.2, 0.25) is 0 Å². The minimum absolute atomic E-state index is 0.0274. The van der Waals surface area contributed by atoms with Crippen LogP contribution in [0.25, 0.3) is 0 Å². The standard InChI is InChI=1S/C15H16ClN3OS2/c1-18(2)15(21)22-13(9-19-8-7-17-10-19)14(20)11-3-5-12(16)6-4-11/h3-8,10,13H,9H2,1-2H3. The molecule has 1 aromatic heterocycles. The van der Waals surface area contributed by atoms with E-state index >= 15 is 0 Å². The molecule has 0 N–H and O–H groups in total. The summed E-state index contributed by atoms with van der Waals surface area (Å²) in [5.41, 5.74) is 0.628. The number of thioether (sulfide) groups is 1. The average molecular weight is 354 g/mol. The molecule has 0 aliphatic carbocycles. The molecule has 116 valence electrons. The number of thiocarbonyl (C=S) groups is 1. The average Bonchev–Trinajstić information content (AvgIpc) is 2.99. The van der Waals surface area contributed by atoms with Crippen molar-refractivity contribution in [2.45, 2.75) is 11.8 Å². The molecule has 4 nitrogen and oxygen atoms in total. The second-order valence-electron chi connectivity index (χ2n) is 4.90. The monoisotopic (exact) mass is 353 g/mol. The first-order chi connectivity index (χ1) is 10.5. The highest BCUT2D eigenvalue weighted by molar-refractivity contribution is 8.23. The summed E-state index contributed by atoms with van der Waals surface area (Å²) in [6.07, 6.45) is 5.22. The highest BCUT2D eigenvalue weighted by Crippen LogP contribution is 2.22. The summed E-state index contributed by atoms with van der Waals surface area (Å²) in [7, 11) is 3.74. The zero-order chi connectivity index (χ0) is 16.1. The maximum absolute atomic E-state index is 12.8. The van der Waals surface area contributed by atoms with Crippen molar-refractivity contribution in [1.82, 2.24) is 14.5 Å². The maximum Gasteiger partial charge on any atom is 0.178 e. The van der Waals surface area contributed by atoms with Crippen LogP contribution in [0.5, 0.6) is 0 Å². The number of Topliss-reactive ketones (excluding diaryl/α,β-unsaturated/α-hetero) is 1. The van der Waals surface area contributed by atoms with Crippen LogP contribution in [0, 0.1) is 0 Å². The normalized spacial score (nSPS) is 12.0. The lowest BCUT2D eigenvalue weighted by molar-refractivity contribution is 0.0984. The Morgan fingerprint density at radius 1 is 1.41 bits per heavy atom. The lowest BCUT2D eigenvalue weighted by Crippen LogP contribution is -2.28. The summed E-state index contributed by atoms with van der Waals surface area (Å²) in [4.78, 5) is 18.6. The van der Waals surface area contributed by atoms with Crippen molar-refractivity contribution >= 4 is 45.7 Å². The van der Waals surface area contributed by atoms with Gasteiger partial charge in [0.05, 0.1) is 11.6 Å². The van der Waals surface area contributed by atoms with E-state index in [-0.39, 0.29) is 11.0 Å². The molecule has 1 atom stereocenters. The minimum Gasteiger partial charge on any atom is -0.364 e. The van der Waals surface area contributed by atoms with Crippen molar-refractivity contribution < 1.29 is 4.79 Å². The molecule has 0 saturated carbocycles. The molecule has 1 aromatic carbocycles. The highest BCUT2D eigenvalue weighted by Gasteiger charge is 2.23. The van der Waals surface area contributed by atoms with Crippen LogP contribution < -0.4 is 0 Å². The van der Waals surface area contributed by atoms with Crippen LogP contribution in [0.4, 0.5) is 0 Å². The van der Waals surface area contributed by atoms with Gasteiger partial charge in [-0.1, -0.05) is 35.6 Å². The Labute approximate surface area is 144 Å². The Hall–Kier alpha value is -1.37. The van der Waals surface area contributed by atoms with Crippen LogP contribution in [0.2, 0.25) is 5.02 Å². The zero-order valence-electron chi connectivity index (χ0n) is 12.3. The molecular weight excluding hydrogens is 338 g/mol. The minimum atomic E-state index is -0.315. The van der Waals surface area contributed by atoms with Crippen molar-refractivity contribution in [3.05, 3.63) is 53.6 Å². The van der Waals surface area contributed by atoms with E-state index in [0.29, 0.717) is 21.5 Å². The summed E-state index contributed by atoms with van der Waals surface area (Å²) >= 11 is 12.6. The molecule has 2 rings (SSSR count). The van der Waals surface area contributed by atoms with E-state index in [0.717, 1.165) is 0 Å². The molecule has 0 aliphatic heterocycles. The molecule has 22 heavy (non-hydrogen) atoms. The Kier molecular flexibility index (Phi) is 5.99. The third-order valence-electron chi connectivity index (χ3n) is 2.97. The Balaban J connectivity index is 2.20. The van der Waals surface area contributed by atoms with Crippen LogP contribution in [0.1, 0.15) is 10.4 Å². The van der Waals surface area contributed by atoms with Crippen molar-refractivity contribution in [2.75, 3.05) is 14.1 Å². The lowest BCUT2D eigenvalue weighted by Gasteiger charge is -2.20. The molecule has 2 aromatic rings. The number of ketones is 1. The van der Waals surface area contributed by atoms with Crippen LogP contribution in [0.3, 0.4) is 0 Å². The molecule has 0 amide bonds. The third kappa shape index (κ3) is 4.56. The van der Waals surface area contributed by atoms with Gasteiger partial charge in [0.15, 0.2) is 5.78 Å². The predicted molar refractivity (Wildman–Crippen MR) is 95.7 cm³/mol. The van der Waals surface area contributed by atoms with Gasteiger partial charge in [-0.3, -0.25) is 4.79 Å². The van der Waals surface area contributed by atoms with Crippen molar-refractivity contribution in [1.29, 1.82) is 0 Å². The second kappa shape index (κ2) is 7.76.